The minimum atomic E-state index is -4.91. The van der Waals surface area contributed by atoms with Crippen LogP contribution in [0.1, 0.15) is 13.3 Å². The summed E-state index contributed by atoms with van der Waals surface area (Å²) in [7, 11) is 0. The molecule has 2 nitrogen and oxygen atoms in total. The maximum Gasteiger partial charge on any atom is 0.490 e. The van der Waals surface area contributed by atoms with Crippen molar-refractivity contribution < 1.29 is 22.7 Å². The summed E-state index contributed by atoms with van der Waals surface area (Å²) in [6.45, 7) is 4.66. The molecule has 70 valence electrons. The Hall–Kier alpha value is -1.00. The largest absolute Gasteiger partial charge is 0.490 e. The van der Waals surface area contributed by atoms with E-state index in [2.05, 4.69) is 11.3 Å². The first kappa shape index (κ1) is 11.0. The Labute approximate surface area is 68.0 Å². The lowest BCUT2D eigenvalue weighted by atomic mass is 10.3. The molecule has 0 aliphatic heterocycles. The zero-order chi connectivity index (χ0) is 9.78. The fourth-order valence-electron chi connectivity index (χ4n) is 0.532. The average Bonchev–Trinajstić information content (AvgIpc) is 1.85. The summed E-state index contributed by atoms with van der Waals surface area (Å²) in [5.41, 5.74) is 0. The maximum absolute atomic E-state index is 11.5. The van der Waals surface area contributed by atoms with Gasteiger partial charge in [0.2, 0.25) is 0 Å². The highest BCUT2D eigenvalue weighted by Crippen LogP contribution is 2.17. The molecule has 0 radical (unpaired) electrons. The van der Waals surface area contributed by atoms with Gasteiger partial charge in [-0.3, -0.25) is 0 Å². The predicted octanol–water partition coefficient (Wildman–Crippen LogP) is 2.06. The van der Waals surface area contributed by atoms with Gasteiger partial charge in [-0.2, -0.15) is 13.2 Å². The van der Waals surface area contributed by atoms with Crippen molar-refractivity contribution >= 4 is 5.97 Å². The van der Waals surface area contributed by atoms with E-state index in [-0.39, 0.29) is 6.42 Å². The SMILES string of the molecule is C=CC[C@H](C)OC(=O)C(F)(F)F. The quantitative estimate of drug-likeness (QED) is 0.493. The summed E-state index contributed by atoms with van der Waals surface area (Å²) in [4.78, 5) is 10.2. The van der Waals surface area contributed by atoms with Crippen LogP contribution in [0.4, 0.5) is 13.2 Å². The van der Waals surface area contributed by atoms with Crippen molar-refractivity contribution in [1.82, 2.24) is 0 Å². The molecule has 0 fully saturated rings. The van der Waals surface area contributed by atoms with Crippen LogP contribution in [0.25, 0.3) is 0 Å². The summed E-state index contributed by atoms with van der Waals surface area (Å²) in [6, 6.07) is 0. The Bertz CT molecular complexity index is 174. The van der Waals surface area contributed by atoms with E-state index >= 15 is 0 Å². The molecule has 0 aliphatic rings. The lowest BCUT2D eigenvalue weighted by Gasteiger charge is -2.12. The fourth-order valence-corrected chi connectivity index (χ4v) is 0.532. The molecular weight excluding hydrogens is 173 g/mol. The minimum absolute atomic E-state index is 0.210. The first-order valence-electron chi connectivity index (χ1n) is 3.26. The van der Waals surface area contributed by atoms with Crippen LogP contribution in [0.2, 0.25) is 0 Å². The van der Waals surface area contributed by atoms with Gasteiger partial charge in [0.25, 0.3) is 0 Å². The van der Waals surface area contributed by atoms with Crippen molar-refractivity contribution in [3.63, 3.8) is 0 Å². The van der Waals surface area contributed by atoms with Crippen molar-refractivity contribution in [1.29, 1.82) is 0 Å². The van der Waals surface area contributed by atoms with Gasteiger partial charge in [0.15, 0.2) is 0 Å². The number of hydrogen-bond donors (Lipinski definition) is 0. The second-order valence-corrected chi connectivity index (χ2v) is 2.24. The second-order valence-electron chi connectivity index (χ2n) is 2.24. The molecule has 0 bridgehead atoms. The number of hydrogen-bond acceptors (Lipinski definition) is 2. The Kier molecular flexibility index (Phi) is 3.79. The monoisotopic (exact) mass is 182 g/mol. The minimum Gasteiger partial charge on any atom is -0.456 e. The molecule has 0 saturated carbocycles. The zero-order valence-electron chi connectivity index (χ0n) is 6.52. The van der Waals surface area contributed by atoms with Crippen LogP contribution in [0.15, 0.2) is 12.7 Å². The maximum atomic E-state index is 11.5. The van der Waals surface area contributed by atoms with Crippen molar-refractivity contribution in [2.24, 2.45) is 0 Å². The van der Waals surface area contributed by atoms with Gasteiger partial charge in [-0.15, -0.1) is 6.58 Å². The van der Waals surface area contributed by atoms with Gasteiger partial charge in [-0.1, -0.05) is 6.08 Å². The molecule has 0 N–H and O–H groups in total. The summed E-state index contributed by atoms with van der Waals surface area (Å²) in [5.74, 6) is -2.16. The van der Waals surface area contributed by atoms with Crippen molar-refractivity contribution in [2.75, 3.05) is 0 Å². The Morgan fingerprint density at radius 3 is 2.50 bits per heavy atom. The van der Waals surface area contributed by atoms with E-state index in [1.165, 1.54) is 13.0 Å². The molecule has 0 heterocycles. The Morgan fingerprint density at radius 1 is 1.67 bits per heavy atom. The van der Waals surface area contributed by atoms with Crippen molar-refractivity contribution in [3.05, 3.63) is 12.7 Å². The first-order chi connectivity index (χ1) is 5.38. The molecule has 0 aromatic carbocycles. The van der Waals surface area contributed by atoms with E-state index < -0.39 is 18.2 Å². The third-order valence-corrected chi connectivity index (χ3v) is 1.04. The average molecular weight is 182 g/mol. The summed E-state index contributed by atoms with van der Waals surface area (Å²) >= 11 is 0. The number of esters is 1. The highest BCUT2D eigenvalue weighted by Gasteiger charge is 2.41. The van der Waals surface area contributed by atoms with Gasteiger partial charge in [-0.25, -0.2) is 4.79 Å². The van der Waals surface area contributed by atoms with Gasteiger partial charge in [0, 0.05) is 6.42 Å². The second kappa shape index (κ2) is 4.13. The molecule has 0 aromatic heterocycles. The molecule has 0 aliphatic carbocycles. The van der Waals surface area contributed by atoms with Crippen LogP contribution < -0.4 is 0 Å². The molecule has 0 spiro atoms. The molecule has 0 rings (SSSR count). The number of rotatable bonds is 3. The zero-order valence-corrected chi connectivity index (χ0v) is 6.52. The van der Waals surface area contributed by atoms with Crippen LogP contribution in [0, 0.1) is 0 Å². The number of carbonyl (C=O) groups excluding carboxylic acids is 1. The molecule has 0 unspecified atom stereocenters. The molecule has 12 heavy (non-hydrogen) atoms. The lowest BCUT2D eigenvalue weighted by molar-refractivity contribution is -0.203. The van der Waals surface area contributed by atoms with Crippen molar-refractivity contribution in [2.45, 2.75) is 25.6 Å². The molecule has 0 amide bonds. The molecule has 5 heteroatoms. The molecule has 0 aromatic rings. The number of ether oxygens (including phenoxy) is 1. The number of alkyl halides is 3. The number of carbonyl (C=O) groups is 1. The van der Waals surface area contributed by atoms with E-state index in [9.17, 15) is 18.0 Å². The third-order valence-electron chi connectivity index (χ3n) is 1.04. The van der Waals surface area contributed by atoms with Gasteiger partial charge >= 0.3 is 12.1 Å². The van der Waals surface area contributed by atoms with E-state index in [0.717, 1.165) is 0 Å². The fraction of sp³-hybridized carbons (Fsp3) is 0.571. The van der Waals surface area contributed by atoms with Crippen LogP contribution in [-0.4, -0.2) is 18.2 Å². The summed E-state index contributed by atoms with van der Waals surface area (Å²) in [6.07, 6.45) is -4.09. The predicted molar refractivity (Wildman–Crippen MR) is 36.4 cm³/mol. The van der Waals surface area contributed by atoms with E-state index in [1.54, 1.807) is 0 Å². The van der Waals surface area contributed by atoms with Gasteiger partial charge in [0.05, 0.1) is 0 Å². The number of halogens is 3. The van der Waals surface area contributed by atoms with Crippen LogP contribution in [-0.2, 0) is 9.53 Å². The molecule has 1 atom stereocenters. The first-order valence-corrected chi connectivity index (χ1v) is 3.26. The summed E-state index contributed by atoms with van der Waals surface area (Å²) < 4.78 is 38.7. The highest BCUT2D eigenvalue weighted by atomic mass is 19.4. The van der Waals surface area contributed by atoms with Gasteiger partial charge < -0.3 is 4.74 Å². The van der Waals surface area contributed by atoms with E-state index in [0.29, 0.717) is 0 Å². The topological polar surface area (TPSA) is 26.3 Å². The van der Waals surface area contributed by atoms with Gasteiger partial charge in [0.1, 0.15) is 6.10 Å². The van der Waals surface area contributed by atoms with Crippen LogP contribution >= 0.6 is 0 Å². The summed E-state index contributed by atoms with van der Waals surface area (Å²) in [5, 5.41) is 0. The third kappa shape index (κ3) is 4.00. The Balaban J connectivity index is 3.92. The normalized spacial score (nSPS) is 13.7. The van der Waals surface area contributed by atoms with E-state index in [4.69, 9.17) is 0 Å². The van der Waals surface area contributed by atoms with Gasteiger partial charge in [-0.05, 0) is 6.92 Å². The molecular formula is C7H9F3O2. The van der Waals surface area contributed by atoms with E-state index in [1.807, 2.05) is 0 Å². The van der Waals surface area contributed by atoms with Crippen LogP contribution in [0.5, 0.6) is 0 Å². The van der Waals surface area contributed by atoms with Crippen LogP contribution in [0.3, 0.4) is 0 Å². The molecule has 0 saturated heterocycles. The highest BCUT2D eigenvalue weighted by molar-refractivity contribution is 5.75. The Morgan fingerprint density at radius 2 is 2.17 bits per heavy atom. The van der Waals surface area contributed by atoms with Crippen molar-refractivity contribution in [3.8, 4) is 0 Å². The standard InChI is InChI=1S/C7H9F3O2/c1-3-4-5(2)12-6(11)7(8,9)10/h3,5H,1,4H2,2H3/t5-/m0/s1. The lowest BCUT2D eigenvalue weighted by Crippen LogP contribution is -2.28. The smallest absolute Gasteiger partial charge is 0.456 e.